The number of amides is 1. The van der Waals surface area contributed by atoms with Crippen LogP contribution in [0, 0.1) is 0 Å². The molecule has 0 spiro atoms. The topological polar surface area (TPSA) is 86.1 Å². The monoisotopic (exact) mass is 518 g/mol. The predicted octanol–water partition coefficient (Wildman–Crippen LogP) is 5.86. The van der Waals surface area contributed by atoms with E-state index in [0.29, 0.717) is 22.2 Å². The zero-order chi connectivity index (χ0) is 25.3. The molecule has 3 aromatic carbocycles. The summed E-state index contributed by atoms with van der Waals surface area (Å²) in [5.41, 5.74) is 1.98. The van der Waals surface area contributed by atoms with Crippen molar-refractivity contribution in [1.82, 2.24) is 14.8 Å². The quantitative estimate of drug-likeness (QED) is 0.208. The number of para-hydroxylation sites is 1. The Labute approximate surface area is 218 Å². The van der Waals surface area contributed by atoms with Gasteiger partial charge in [-0.25, -0.2) is 4.79 Å². The summed E-state index contributed by atoms with van der Waals surface area (Å²) in [5.74, 6) is 1.04. The van der Waals surface area contributed by atoms with Crippen molar-refractivity contribution in [2.24, 2.45) is 0 Å². The summed E-state index contributed by atoms with van der Waals surface area (Å²) in [6.07, 6.45) is -0.190. The summed E-state index contributed by atoms with van der Waals surface area (Å²) < 4.78 is 7.18. The van der Waals surface area contributed by atoms with Gasteiger partial charge in [-0.1, -0.05) is 48.2 Å². The molecule has 1 N–H and O–H groups in total. The number of nitrogens with zero attached hydrogens (tertiary/aromatic N) is 3. The van der Waals surface area contributed by atoms with Crippen LogP contribution in [0.15, 0.2) is 95.0 Å². The molecule has 0 atom stereocenters. The number of benzene rings is 3. The van der Waals surface area contributed by atoms with Crippen molar-refractivity contribution in [3.05, 3.63) is 96.3 Å². The molecule has 7 nitrogen and oxygen atoms in total. The molecule has 1 heterocycles. The molecular formula is C27H26N4O3S2. The van der Waals surface area contributed by atoms with Crippen LogP contribution in [0.3, 0.4) is 0 Å². The summed E-state index contributed by atoms with van der Waals surface area (Å²) in [7, 11) is 0. The zero-order valence-corrected chi connectivity index (χ0v) is 21.6. The largest absolute Gasteiger partial charge is 0.459 e. The summed E-state index contributed by atoms with van der Waals surface area (Å²) in [6.45, 7) is 3.60. The molecule has 4 aromatic rings. The summed E-state index contributed by atoms with van der Waals surface area (Å²) in [6, 6.07) is 26.7. The third kappa shape index (κ3) is 6.99. The summed E-state index contributed by atoms with van der Waals surface area (Å²) in [5, 5.41) is 12.3. The third-order valence-electron chi connectivity index (χ3n) is 4.91. The molecule has 184 valence electrons. The van der Waals surface area contributed by atoms with Crippen LogP contribution in [0.4, 0.5) is 5.69 Å². The van der Waals surface area contributed by atoms with E-state index in [2.05, 4.69) is 27.6 Å². The summed E-state index contributed by atoms with van der Waals surface area (Å²) >= 11 is 3.00. The Morgan fingerprint density at radius 2 is 1.56 bits per heavy atom. The van der Waals surface area contributed by atoms with E-state index in [-0.39, 0.29) is 23.7 Å². The van der Waals surface area contributed by atoms with Gasteiger partial charge < -0.3 is 10.1 Å². The van der Waals surface area contributed by atoms with Crippen LogP contribution >= 0.6 is 23.5 Å². The predicted molar refractivity (Wildman–Crippen MR) is 144 cm³/mol. The first-order chi connectivity index (χ1) is 17.5. The Hall–Kier alpha value is -3.56. The molecular weight excluding hydrogens is 492 g/mol. The molecule has 36 heavy (non-hydrogen) atoms. The smallest absolute Gasteiger partial charge is 0.338 e. The average molecular weight is 519 g/mol. The molecule has 0 unspecified atom stereocenters. The normalized spacial score (nSPS) is 10.9. The van der Waals surface area contributed by atoms with E-state index < -0.39 is 0 Å². The molecule has 0 aliphatic rings. The number of hydrogen-bond acceptors (Lipinski definition) is 7. The van der Waals surface area contributed by atoms with Crippen molar-refractivity contribution in [1.29, 1.82) is 0 Å². The Morgan fingerprint density at radius 3 is 2.22 bits per heavy atom. The highest BCUT2D eigenvalue weighted by Crippen LogP contribution is 2.27. The van der Waals surface area contributed by atoms with Gasteiger partial charge in [0.2, 0.25) is 5.91 Å². The van der Waals surface area contributed by atoms with Crippen LogP contribution < -0.4 is 5.32 Å². The minimum absolute atomic E-state index is 0.161. The third-order valence-corrected chi connectivity index (χ3v) is 6.84. The number of anilines is 1. The van der Waals surface area contributed by atoms with Gasteiger partial charge in [0.1, 0.15) is 5.82 Å². The fourth-order valence-corrected chi connectivity index (χ4v) is 4.89. The number of thioether (sulfide) groups is 2. The maximum absolute atomic E-state index is 12.6. The molecule has 0 bridgehead atoms. The lowest BCUT2D eigenvalue weighted by molar-refractivity contribution is -0.113. The first kappa shape index (κ1) is 25.5. The van der Waals surface area contributed by atoms with E-state index in [1.165, 1.54) is 11.8 Å². The number of nitrogens with one attached hydrogen (secondary N) is 1. The van der Waals surface area contributed by atoms with Crippen LogP contribution in [-0.2, 0) is 15.3 Å². The van der Waals surface area contributed by atoms with Gasteiger partial charge in [0.15, 0.2) is 5.16 Å². The second-order valence-electron chi connectivity index (χ2n) is 8.04. The number of carbonyl (C=O) groups excluding carboxylic acids is 2. The molecule has 0 radical (unpaired) electrons. The van der Waals surface area contributed by atoms with Crippen molar-refractivity contribution < 1.29 is 14.3 Å². The fourth-order valence-electron chi connectivity index (χ4n) is 3.29. The molecule has 0 saturated carbocycles. The zero-order valence-electron chi connectivity index (χ0n) is 20.0. The minimum Gasteiger partial charge on any atom is -0.459 e. The molecule has 0 aliphatic carbocycles. The van der Waals surface area contributed by atoms with E-state index in [4.69, 9.17) is 4.74 Å². The summed E-state index contributed by atoms with van der Waals surface area (Å²) in [4.78, 5) is 25.8. The maximum atomic E-state index is 12.6. The van der Waals surface area contributed by atoms with Crippen LogP contribution in [-0.4, -0.2) is 38.5 Å². The second-order valence-corrected chi connectivity index (χ2v) is 10.0. The lowest BCUT2D eigenvalue weighted by atomic mass is 10.2. The highest BCUT2D eigenvalue weighted by atomic mass is 32.2. The van der Waals surface area contributed by atoms with Gasteiger partial charge in [0, 0.05) is 16.3 Å². The van der Waals surface area contributed by atoms with E-state index in [9.17, 15) is 9.59 Å². The molecule has 4 rings (SSSR count). The Balaban J connectivity index is 1.41. The number of aromatic nitrogens is 3. The van der Waals surface area contributed by atoms with E-state index in [1.807, 2.05) is 53.1 Å². The molecule has 1 amide bonds. The van der Waals surface area contributed by atoms with Gasteiger partial charge in [-0.05, 0) is 62.4 Å². The molecule has 1 aromatic heterocycles. The highest BCUT2D eigenvalue weighted by molar-refractivity contribution is 7.99. The molecule has 0 fully saturated rings. The Bertz CT molecular complexity index is 1290. The van der Waals surface area contributed by atoms with Gasteiger partial charge >= 0.3 is 5.97 Å². The van der Waals surface area contributed by atoms with Gasteiger partial charge in [0.05, 0.1) is 23.2 Å². The molecule has 0 saturated heterocycles. The number of rotatable bonds is 10. The highest BCUT2D eigenvalue weighted by Gasteiger charge is 2.16. The van der Waals surface area contributed by atoms with Crippen molar-refractivity contribution in [3.63, 3.8) is 0 Å². The van der Waals surface area contributed by atoms with Gasteiger partial charge in [-0.3, -0.25) is 9.36 Å². The number of esters is 1. The van der Waals surface area contributed by atoms with Crippen molar-refractivity contribution in [3.8, 4) is 5.69 Å². The standard InChI is InChI=1S/C27H26N4O3S2/c1-19(2)34-26(33)20-13-15-21(16-14-20)28-25(32)18-36-27-30-29-24(17-35-23-11-7-4-8-12-23)31(27)22-9-5-3-6-10-22/h3-16,19H,17-18H2,1-2H3,(H,28,32). The Kier molecular flexibility index (Phi) is 8.80. The first-order valence-electron chi connectivity index (χ1n) is 11.4. The molecule has 0 aliphatic heterocycles. The second kappa shape index (κ2) is 12.4. The number of ether oxygens (including phenoxy) is 1. The van der Waals surface area contributed by atoms with Gasteiger partial charge in [-0.15, -0.1) is 22.0 Å². The van der Waals surface area contributed by atoms with E-state index >= 15 is 0 Å². The minimum atomic E-state index is -0.389. The van der Waals surface area contributed by atoms with E-state index in [1.54, 1.807) is 49.9 Å². The van der Waals surface area contributed by atoms with Crippen LogP contribution in [0.2, 0.25) is 0 Å². The lowest BCUT2D eigenvalue weighted by Crippen LogP contribution is -2.15. The Morgan fingerprint density at radius 1 is 0.889 bits per heavy atom. The molecule has 9 heteroatoms. The van der Waals surface area contributed by atoms with Crippen molar-refractivity contribution >= 4 is 41.1 Å². The fraction of sp³-hybridized carbons (Fsp3) is 0.185. The number of carbonyl (C=O) groups is 2. The average Bonchev–Trinajstić information content (AvgIpc) is 3.30. The lowest BCUT2D eigenvalue weighted by Gasteiger charge is -2.11. The number of hydrogen-bond donors (Lipinski definition) is 1. The SMILES string of the molecule is CC(C)OC(=O)c1ccc(NC(=O)CSc2nnc(CSc3ccccc3)n2-c2ccccc2)cc1. The van der Waals surface area contributed by atoms with Crippen LogP contribution in [0.5, 0.6) is 0 Å². The van der Waals surface area contributed by atoms with Crippen LogP contribution in [0.25, 0.3) is 5.69 Å². The van der Waals surface area contributed by atoms with Crippen LogP contribution in [0.1, 0.15) is 30.0 Å². The van der Waals surface area contributed by atoms with Crippen molar-refractivity contribution in [2.45, 2.75) is 35.8 Å². The maximum Gasteiger partial charge on any atom is 0.338 e. The van der Waals surface area contributed by atoms with Gasteiger partial charge in [0.25, 0.3) is 0 Å². The van der Waals surface area contributed by atoms with E-state index in [0.717, 1.165) is 16.4 Å². The van der Waals surface area contributed by atoms with Crippen molar-refractivity contribution in [2.75, 3.05) is 11.1 Å². The first-order valence-corrected chi connectivity index (χ1v) is 13.4. The van der Waals surface area contributed by atoms with Gasteiger partial charge in [-0.2, -0.15) is 0 Å².